The first-order valence-electron chi connectivity index (χ1n) is 10.4. The van der Waals surface area contributed by atoms with Crippen LogP contribution in [0.3, 0.4) is 0 Å². The Balaban J connectivity index is 1.41. The molecule has 11 heteroatoms. The largest absolute Gasteiger partial charge is 0.417 e. The number of hydrogen-bond acceptors (Lipinski definition) is 5. The Kier molecular flexibility index (Phi) is 6.47. The summed E-state index contributed by atoms with van der Waals surface area (Å²) in [6.07, 6.45) is -3.47. The fourth-order valence-electron chi connectivity index (χ4n) is 3.97. The number of hydrogen-bond donors (Lipinski definition) is 1. The summed E-state index contributed by atoms with van der Waals surface area (Å²) < 4.78 is 68.2. The van der Waals surface area contributed by atoms with Crippen LogP contribution in [0.25, 0.3) is 10.2 Å². The van der Waals surface area contributed by atoms with Crippen LogP contribution in [-0.2, 0) is 21.0 Å². The molecule has 2 heterocycles. The van der Waals surface area contributed by atoms with Gasteiger partial charge in [-0.3, -0.25) is 4.79 Å². The van der Waals surface area contributed by atoms with Crippen molar-refractivity contribution >= 4 is 37.5 Å². The molecule has 2 aromatic carbocycles. The summed E-state index contributed by atoms with van der Waals surface area (Å²) >= 11 is 1.63. The monoisotopic (exact) mass is 497 g/mol. The van der Waals surface area contributed by atoms with Crippen LogP contribution in [0.1, 0.15) is 36.3 Å². The number of amides is 1. The number of aromatic nitrogens is 1. The third-order valence-electron chi connectivity index (χ3n) is 5.65. The van der Waals surface area contributed by atoms with Crippen molar-refractivity contribution in [3.8, 4) is 0 Å². The average Bonchev–Trinajstić information content (AvgIpc) is 3.22. The highest BCUT2D eigenvalue weighted by atomic mass is 32.2. The normalized spacial score (nSPS) is 16.8. The van der Waals surface area contributed by atoms with E-state index in [1.54, 1.807) is 16.2 Å². The number of carbonyl (C=O) groups excluding carboxylic acids is 1. The topological polar surface area (TPSA) is 79.4 Å². The van der Waals surface area contributed by atoms with E-state index >= 15 is 0 Å². The molecule has 1 fully saturated rings. The zero-order valence-electron chi connectivity index (χ0n) is 17.7. The van der Waals surface area contributed by atoms with Crippen molar-refractivity contribution in [1.29, 1.82) is 0 Å². The van der Waals surface area contributed by atoms with E-state index < -0.39 is 38.6 Å². The molecule has 0 radical (unpaired) electrons. The number of alkyl halides is 3. The Bertz CT molecular complexity index is 1230. The number of nitrogens with one attached hydrogen (secondary N) is 1. The van der Waals surface area contributed by atoms with Crippen molar-refractivity contribution in [2.75, 3.05) is 13.1 Å². The number of likely N-dealkylation sites (tertiary alicyclic amines) is 1. The van der Waals surface area contributed by atoms with Gasteiger partial charge >= 0.3 is 6.18 Å². The molecule has 0 spiro atoms. The number of rotatable bonds is 5. The highest BCUT2D eigenvalue weighted by Crippen LogP contribution is 2.35. The predicted molar refractivity (Wildman–Crippen MR) is 119 cm³/mol. The molecule has 0 bridgehead atoms. The van der Waals surface area contributed by atoms with Crippen LogP contribution >= 0.6 is 11.3 Å². The van der Waals surface area contributed by atoms with Gasteiger partial charge in [-0.25, -0.2) is 13.4 Å². The standard InChI is InChI=1S/C22H22F3N3O3S2/c1-14(27-33(30,31)19-9-5-2-6-16(19)22(23,24)25)21(29)28-12-10-15(11-13-28)20-26-17-7-3-4-8-18(17)32-20/h2-9,14-15,27H,10-13H2,1H3/t14-/m0/s1. The smallest absolute Gasteiger partial charge is 0.341 e. The highest BCUT2D eigenvalue weighted by Gasteiger charge is 2.38. The van der Waals surface area contributed by atoms with Gasteiger partial charge < -0.3 is 4.90 Å². The van der Waals surface area contributed by atoms with Gasteiger partial charge in [-0.05, 0) is 44.0 Å². The number of benzene rings is 2. The van der Waals surface area contributed by atoms with E-state index in [-0.39, 0.29) is 5.92 Å². The van der Waals surface area contributed by atoms with Crippen LogP contribution in [0.5, 0.6) is 0 Å². The number of sulfonamides is 1. The molecule has 1 aliphatic rings. The van der Waals surface area contributed by atoms with Gasteiger partial charge in [0, 0.05) is 19.0 Å². The third kappa shape index (κ3) is 5.04. The van der Waals surface area contributed by atoms with Gasteiger partial charge in [-0.1, -0.05) is 24.3 Å². The summed E-state index contributed by atoms with van der Waals surface area (Å²) in [7, 11) is -4.55. The van der Waals surface area contributed by atoms with E-state index in [1.807, 2.05) is 24.3 Å². The van der Waals surface area contributed by atoms with Crippen molar-refractivity contribution < 1.29 is 26.4 Å². The van der Waals surface area contributed by atoms with Gasteiger partial charge in [0.1, 0.15) is 0 Å². The molecule has 4 rings (SSSR count). The van der Waals surface area contributed by atoms with Gasteiger partial charge in [-0.15, -0.1) is 11.3 Å². The Morgan fingerprint density at radius 2 is 1.76 bits per heavy atom. The van der Waals surface area contributed by atoms with Crippen molar-refractivity contribution in [3.63, 3.8) is 0 Å². The Morgan fingerprint density at radius 3 is 2.42 bits per heavy atom. The van der Waals surface area contributed by atoms with Crippen molar-refractivity contribution in [2.24, 2.45) is 0 Å². The molecule has 1 amide bonds. The lowest BCUT2D eigenvalue weighted by molar-refractivity contribution is -0.139. The molecule has 0 aliphatic carbocycles. The Morgan fingerprint density at radius 1 is 1.12 bits per heavy atom. The zero-order valence-corrected chi connectivity index (χ0v) is 19.3. The van der Waals surface area contributed by atoms with E-state index in [0.29, 0.717) is 32.0 Å². The van der Waals surface area contributed by atoms with Crippen LogP contribution in [0.4, 0.5) is 13.2 Å². The molecule has 1 aromatic heterocycles. The van der Waals surface area contributed by atoms with E-state index in [4.69, 9.17) is 0 Å². The number of piperidine rings is 1. The van der Waals surface area contributed by atoms with Crippen molar-refractivity contribution in [2.45, 2.75) is 42.8 Å². The fraction of sp³-hybridized carbons (Fsp3) is 0.364. The second kappa shape index (κ2) is 9.03. The molecule has 3 aromatic rings. The second-order valence-corrected chi connectivity index (χ2v) is 10.7. The van der Waals surface area contributed by atoms with E-state index in [0.717, 1.165) is 27.4 Å². The molecule has 0 unspecified atom stereocenters. The van der Waals surface area contributed by atoms with Crippen molar-refractivity contribution in [3.05, 3.63) is 59.1 Å². The van der Waals surface area contributed by atoms with Crippen LogP contribution < -0.4 is 4.72 Å². The van der Waals surface area contributed by atoms with Crippen LogP contribution in [0, 0.1) is 0 Å². The number of thiazole rings is 1. The van der Waals surface area contributed by atoms with Crippen LogP contribution in [0.2, 0.25) is 0 Å². The molecule has 1 atom stereocenters. The van der Waals surface area contributed by atoms with Gasteiger partial charge in [0.15, 0.2) is 0 Å². The quantitative estimate of drug-likeness (QED) is 0.567. The minimum Gasteiger partial charge on any atom is -0.341 e. The van der Waals surface area contributed by atoms with Gasteiger partial charge in [-0.2, -0.15) is 17.9 Å². The molecule has 176 valence electrons. The molecule has 1 N–H and O–H groups in total. The summed E-state index contributed by atoms with van der Waals surface area (Å²) in [6.45, 7) is 2.19. The predicted octanol–water partition coefficient (Wildman–Crippen LogP) is 4.39. The van der Waals surface area contributed by atoms with Gasteiger partial charge in [0.2, 0.25) is 15.9 Å². The molecular weight excluding hydrogens is 475 g/mol. The first-order chi connectivity index (χ1) is 15.6. The first kappa shape index (κ1) is 23.7. The van der Waals surface area contributed by atoms with E-state index in [1.165, 1.54) is 13.0 Å². The minimum absolute atomic E-state index is 0.206. The van der Waals surface area contributed by atoms with Crippen LogP contribution in [-0.4, -0.2) is 43.3 Å². The summed E-state index contributed by atoms with van der Waals surface area (Å²) in [5.41, 5.74) is -0.327. The van der Waals surface area contributed by atoms with Crippen LogP contribution in [0.15, 0.2) is 53.4 Å². The lowest BCUT2D eigenvalue weighted by Crippen LogP contribution is -2.49. The first-order valence-corrected chi connectivity index (χ1v) is 12.7. The minimum atomic E-state index is -4.83. The average molecular weight is 498 g/mol. The Hall–Kier alpha value is -2.50. The summed E-state index contributed by atoms with van der Waals surface area (Å²) in [5, 5.41) is 1.01. The molecule has 1 saturated heterocycles. The SMILES string of the molecule is C[C@H](NS(=O)(=O)c1ccccc1C(F)(F)F)C(=O)N1CCC(c2nc3ccccc3s2)CC1. The lowest BCUT2D eigenvalue weighted by Gasteiger charge is -2.33. The maximum Gasteiger partial charge on any atom is 0.417 e. The molecule has 1 aliphatic heterocycles. The molecule has 33 heavy (non-hydrogen) atoms. The van der Waals surface area contributed by atoms with E-state index in [2.05, 4.69) is 9.71 Å². The number of halogens is 3. The fourth-order valence-corrected chi connectivity index (χ4v) is 6.53. The lowest BCUT2D eigenvalue weighted by atomic mass is 9.97. The molecule has 6 nitrogen and oxygen atoms in total. The molecular formula is C22H22F3N3O3S2. The van der Waals surface area contributed by atoms with Gasteiger partial charge in [0.25, 0.3) is 0 Å². The number of nitrogens with zero attached hydrogens (tertiary/aromatic N) is 2. The highest BCUT2D eigenvalue weighted by molar-refractivity contribution is 7.89. The molecule has 0 saturated carbocycles. The second-order valence-electron chi connectivity index (χ2n) is 7.96. The number of fused-ring (bicyclic) bond motifs is 1. The summed E-state index contributed by atoms with van der Waals surface area (Å²) in [4.78, 5) is 18.2. The maximum atomic E-state index is 13.2. The maximum absolute atomic E-state index is 13.2. The number of para-hydroxylation sites is 1. The summed E-state index contributed by atoms with van der Waals surface area (Å²) in [6, 6.07) is 10.6. The summed E-state index contributed by atoms with van der Waals surface area (Å²) in [5.74, 6) is -0.261. The Labute approximate surface area is 193 Å². The third-order valence-corrected chi connectivity index (χ3v) is 8.45. The van der Waals surface area contributed by atoms with Gasteiger partial charge in [0.05, 0.1) is 31.7 Å². The van der Waals surface area contributed by atoms with Crippen molar-refractivity contribution in [1.82, 2.24) is 14.6 Å². The zero-order chi connectivity index (χ0) is 23.8. The van der Waals surface area contributed by atoms with E-state index in [9.17, 15) is 26.4 Å². The number of carbonyl (C=O) groups is 1.